The van der Waals surface area contributed by atoms with E-state index in [1.807, 2.05) is 54.6 Å². The van der Waals surface area contributed by atoms with Gasteiger partial charge in [0.25, 0.3) is 15.9 Å². The Labute approximate surface area is 228 Å². The molecular formula is C31H30N4O3S. The Kier molecular flexibility index (Phi) is 6.97. The Bertz CT molecular complexity index is 1720. The number of aromatic amines is 1. The molecule has 198 valence electrons. The van der Waals surface area contributed by atoms with Gasteiger partial charge in [0, 0.05) is 41.1 Å². The summed E-state index contributed by atoms with van der Waals surface area (Å²) in [6.45, 7) is 6.60. The van der Waals surface area contributed by atoms with Gasteiger partial charge in [-0.2, -0.15) is 0 Å². The minimum Gasteiger partial charge on any atom is -0.350 e. The van der Waals surface area contributed by atoms with Gasteiger partial charge in [-0.05, 0) is 64.6 Å². The maximum Gasteiger partial charge on any atom is 0.268 e. The number of carbonyl (C=O) groups is 1. The van der Waals surface area contributed by atoms with Crippen molar-refractivity contribution in [2.75, 3.05) is 4.72 Å². The van der Waals surface area contributed by atoms with Gasteiger partial charge in [-0.1, -0.05) is 63.2 Å². The number of aromatic nitrogens is 2. The van der Waals surface area contributed by atoms with Crippen LogP contribution in [0.3, 0.4) is 0 Å². The van der Waals surface area contributed by atoms with Crippen molar-refractivity contribution >= 4 is 32.5 Å². The molecule has 0 aliphatic carbocycles. The quantitative estimate of drug-likeness (QED) is 0.228. The summed E-state index contributed by atoms with van der Waals surface area (Å²) in [6.07, 6.45) is 3.36. The van der Waals surface area contributed by atoms with Crippen LogP contribution in [0.1, 0.15) is 42.4 Å². The fourth-order valence-electron chi connectivity index (χ4n) is 4.45. The second-order valence-corrected chi connectivity index (χ2v) is 12.1. The molecule has 3 aromatic carbocycles. The highest BCUT2D eigenvalue weighted by Gasteiger charge is 2.21. The Hall–Kier alpha value is -4.43. The predicted molar refractivity (Wildman–Crippen MR) is 155 cm³/mol. The molecule has 39 heavy (non-hydrogen) atoms. The van der Waals surface area contributed by atoms with Crippen LogP contribution in [-0.4, -0.2) is 24.3 Å². The number of sulfonamides is 1. The summed E-state index contributed by atoms with van der Waals surface area (Å²) in [5, 5.41) is 3.70. The molecule has 0 atom stereocenters. The van der Waals surface area contributed by atoms with Crippen molar-refractivity contribution in [3.63, 3.8) is 0 Å². The third-order valence-electron chi connectivity index (χ3n) is 6.57. The molecular weight excluding hydrogens is 508 g/mol. The summed E-state index contributed by atoms with van der Waals surface area (Å²) in [5.74, 6) is -0.261. The van der Waals surface area contributed by atoms with E-state index in [9.17, 15) is 13.2 Å². The average Bonchev–Trinajstić information content (AvgIpc) is 3.31. The fourth-order valence-corrected chi connectivity index (χ4v) is 5.50. The van der Waals surface area contributed by atoms with Crippen molar-refractivity contribution < 1.29 is 13.2 Å². The van der Waals surface area contributed by atoms with Crippen molar-refractivity contribution in [3.8, 4) is 11.1 Å². The van der Waals surface area contributed by atoms with Gasteiger partial charge in [-0.25, -0.2) is 8.42 Å². The number of hydrogen-bond acceptors (Lipinski definition) is 4. The lowest BCUT2D eigenvalue weighted by molar-refractivity contribution is 0.0947. The van der Waals surface area contributed by atoms with E-state index in [4.69, 9.17) is 0 Å². The van der Waals surface area contributed by atoms with Crippen LogP contribution in [0.25, 0.3) is 22.0 Å². The van der Waals surface area contributed by atoms with E-state index in [0.29, 0.717) is 23.5 Å². The molecule has 0 bridgehead atoms. The Morgan fingerprint density at radius 2 is 1.59 bits per heavy atom. The Balaban J connectivity index is 1.49. The first-order chi connectivity index (χ1) is 18.6. The van der Waals surface area contributed by atoms with Gasteiger partial charge in [0.1, 0.15) is 5.69 Å². The van der Waals surface area contributed by atoms with Gasteiger partial charge in [-0.3, -0.25) is 14.5 Å². The molecule has 2 heterocycles. The van der Waals surface area contributed by atoms with E-state index < -0.39 is 10.0 Å². The number of anilines is 1. The standard InChI is InChI=1S/C31H30N4O3S/c1-31(2,3)23-9-12-25(13-10-23)39(37,38)35-24-11-14-27-26(19-24)28(22-7-5-4-6-8-22)29(34-27)30(36)33-20-21-15-17-32-18-16-21/h4-19,34-35H,20H2,1-3H3,(H,33,36). The molecule has 0 spiro atoms. The number of nitrogens with zero attached hydrogens (tertiary/aromatic N) is 1. The van der Waals surface area contributed by atoms with Crippen LogP contribution < -0.4 is 10.0 Å². The predicted octanol–water partition coefficient (Wildman–Crippen LogP) is 6.26. The van der Waals surface area contributed by atoms with E-state index in [0.717, 1.165) is 27.6 Å². The van der Waals surface area contributed by atoms with E-state index in [1.54, 1.807) is 42.7 Å². The van der Waals surface area contributed by atoms with E-state index in [1.165, 1.54) is 0 Å². The molecule has 0 radical (unpaired) electrons. The van der Waals surface area contributed by atoms with Gasteiger partial charge in [0.15, 0.2) is 0 Å². The monoisotopic (exact) mass is 538 g/mol. The first-order valence-corrected chi connectivity index (χ1v) is 14.1. The first-order valence-electron chi connectivity index (χ1n) is 12.6. The summed E-state index contributed by atoms with van der Waals surface area (Å²) in [4.78, 5) is 20.7. The highest BCUT2D eigenvalue weighted by molar-refractivity contribution is 7.92. The summed E-state index contributed by atoms with van der Waals surface area (Å²) in [5.41, 5.74) is 4.99. The highest BCUT2D eigenvalue weighted by Crippen LogP contribution is 2.35. The highest BCUT2D eigenvalue weighted by atomic mass is 32.2. The molecule has 5 aromatic rings. The zero-order chi connectivity index (χ0) is 27.6. The van der Waals surface area contributed by atoms with Crippen LogP contribution >= 0.6 is 0 Å². The van der Waals surface area contributed by atoms with Crippen molar-refractivity contribution in [1.82, 2.24) is 15.3 Å². The summed E-state index contributed by atoms with van der Waals surface area (Å²) < 4.78 is 29.1. The SMILES string of the molecule is CC(C)(C)c1ccc(S(=O)(=O)Nc2ccc3[nH]c(C(=O)NCc4ccncc4)c(-c4ccccc4)c3c2)cc1. The zero-order valence-electron chi connectivity index (χ0n) is 22.0. The third-order valence-corrected chi connectivity index (χ3v) is 7.97. The van der Waals surface area contributed by atoms with Crippen molar-refractivity contribution in [3.05, 3.63) is 114 Å². The normalized spacial score (nSPS) is 11.9. The molecule has 3 N–H and O–H groups in total. The number of rotatable bonds is 7. The molecule has 0 saturated heterocycles. The van der Waals surface area contributed by atoms with Crippen LogP contribution in [0.4, 0.5) is 5.69 Å². The summed E-state index contributed by atoms with van der Waals surface area (Å²) in [6, 6.07) is 25.4. The minimum absolute atomic E-state index is 0.0782. The Morgan fingerprint density at radius 3 is 2.26 bits per heavy atom. The number of nitrogens with one attached hydrogen (secondary N) is 3. The first kappa shape index (κ1) is 26.2. The van der Waals surface area contributed by atoms with Crippen LogP contribution in [0.15, 0.2) is 102 Å². The van der Waals surface area contributed by atoms with Crippen LogP contribution in [0.2, 0.25) is 0 Å². The molecule has 8 heteroatoms. The molecule has 0 unspecified atom stereocenters. The largest absolute Gasteiger partial charge is 0.350 e. The van der Waals surface area contributed by atoms with Crippen molar-refractivity contribution in [1.29, 1.82) is 0 Å². The lowest BCUT2D eigenvalue weighted by atomic mass is 9.87. The molecule has 0 aliphatic heterocycles. The second kappa shape index (κ2) is 10.4. The van der Waals surface area contributed by atoms with E-state index in [2.05, 4.69) is 40.8 Å². The topological polar surface area (TPSA) is 104 Å². The lowest BCUT2D eigenvalue weighted by Gasteiger charge is -2.19. The number of fused-ring (bicyclic) bond motifs is 1. The Morgan fingerprint density at radius 1 is 0.897 bits per heavy atom. The number of hydrogen-bond donors (Lipinski definition) is 3. The van der Waals surface area contributed by atoms with Crippen molar-refractivity contribution in [2.24, 2.45) is 0 Å². The maximum absolute atomic E-state index is 13.3. The minimum atomic E-state index is -3.82. The number of carbonyl (C=O) groups excluding carboxylic acids is 1. The third kappa shape index (κ3) is 5.71. The summed E-state index contributed by atoms with van der Waals surface area (Å²) in [7, 11) is -3.82. The molecule has 0 fully saturated rings. The number of benzene rings is 3. The maximum atomic E-state index is 13.3. The van der Waals surface area contributed by atoms with Gasteiger partial charge in [0.2, 0.25) is 0 Å². The van der Waals surface area contributed by atoms with Crippen LogP contribution in [0.5, 0.6) is 0 Å². The molecule has 0 saturated carbocycles. The molecule has 1 amide bonds. The molecule has 0 aliphatic rings. The van der Waals surface area contributed by atoms with Gasteiger partial charge < -0.3 is 10.3 Å². The van der Waals surface area contributed by atoms with Crippen molar-refractivity contribution in [2.45, 2.75) is 37.6 Å². The number of pyridine rings is 1. The molecule has 5 rings (SSSR count). The van der Waals surface area contributed by atoms with Crippen LogP contribution in [0, 0.1) is 0 Å². The zero-order valence-corrected chi connectivity index (χ0v) is 22.8. The number of H-pyrrole nitrogens is 1. The lowest BCUT2D eigenvalue weighted by Crippen LogP contribution is -2.23. The van der Waals surface area contributed by atoms with E-state index in [-0.39, 0.29) is 16.2 Å². The van der Waals surface area contributed by atoms with Crippen LogP contribution in [-0.2, 0) is 22.0 Å². The molecule has 7 nitrogen and oxygen atoms in total. The van der Waals surface area contributed by atoms with E-state index >= 15 is 0 Å². The summed E-state index contributed by atoms with van der Waals surface area (Å²) >= 11 is 0. The second-order valence-electron chi connectivity index (χ2n) is 10.4. The molecule has 2 aromatic heterocycles. The van der Waals surface area contributed by atoms with Gasteiger partial charge >= 0.3 is 0 Å². The van der Waals surface area contributed by atoms with Gasteiger partial charge in [0.05, 0.1) is 4.90 Å². The number of amides is 1. The fraction of sp³-hybridized carbons (Fsp3) is 0.161. The van der Waals surface area contributed by atoms with Gasteiger partial charge in [-0.15, -0.1) is 0 Å². The average molecular weight is 539 g/mol. The smallest absolute Gasteiger partial charge is 0.268 e.